The molecule has 30 heavy (non-hydrogen) atoms. The molecule has 1 N–H and O–H groups in total. The molecule has 1 aliphatic heterocycles. The molecule has 0 amide bonds. The Hall–Kier alpha value is -1.49. The summed E-state index contributed by atoms with van der Waals surface area (Å²) in [5.74, 6) is -0.171. The standard InChI is InChI=1S/C25H28BrClN2O/c1-2-3-4-21-9-7-16(11-12-28-21)25(30)23-22-10-8-20(27)14-17(22)5-6-18-13-19(26)15-29-24(18)23/h7-8,10,13-15,21,23,28H,2-6,9,11-12H2,1H3. The van der Waals surface area contributed by atoms with Crippen LogP contribution in [-0.2, 0) is 17.6 Å². The number of aryl methyl sites for hydroxylation is 2. The van der Waals surface area contributed by atoms with E-state index in [0.29, 0.717) is 6.04 Å². The quantitative estimate of drug-likeness (QED) is 0.549. The van der Waals surface area contributed by atoms with Crippen LogP contribution in [0.4, 0.5) is 0 Å². The Morgan fingerprint density at radius 3 is 2.90 bits per heavy atom. The van der Waals surface area contributed by atoms with Crippen LogP contribution in [0.3, 0.4) is 0 Å². The van der Waals surface area contributed by atoms with Crippen LogP contribution >= 0.6 is 27.5 Å². The van der Waals surface area contributed by atoms with Crippen LogP contribution in [0, 0.1) is 0 Å². The summed E-state index contributed by atoms with van der Waals surface area (Å²) >= 11 is 9.84. The molecule has 0 bridgehead atoms. The molecular formula is C25H28BrClN2O. The van der Waals surface area contributed by atoms with Gasteiger partial charge >= 0.3 is 0 Å². The predicted molar refractivity (Wildman–Crippen MR) is 126 cm³/mol. The molecule has 2 atom stereocenters. The number of rotatable bonds is 5. The molecule has 2 aliphatic rings. The number of aromatic nitrogens is 1. The van der Waals surface area contributed by atoms with Gasteiger partial charge in [-0.05, 0) is 95.0 Å². The van der Waals surface area contributed by atoms with Gasteiger partial charge in [0.15, 0.2) is 5.78 Å². The van der Waals surface area contributed by atoms with Crippen molar-refractivity contribution >= 4 is 33.3 Å². The largest absolute Gasteiger partial charge is 0.313 e. The van der Waals surface area contributed by atoms with Crippen LogP contribution in [0.25, 0.3) is 0 Å². The van der Waals surface area contributed by atoms with E-state index in [9.17, 15) is 4.79 Å². The van der Waals surface area contributed by atoms with E-state index in [1.807, 2.05) is 24.4 Å². The van der Waals surface area contributed by atoms with E-state index in [4.69, 9.17) is 16.6 Å². The Balaban J connectivity index is 1.72. The SMILES string of the molecule is CCCCC1CC=C(C(=O)C2c3ccc(Cl)cc3CCc3cc(Br)cnc32)CCN1. The number of carbonyl (C=O) groups excluding carboxylic acids is 1. The lowest BCUT2D eigenvalue weighted by Gasteiger charge is -2.20. The number of hydrogen-bond acceptors (Lipinski definition) is 3. The lowest BCUT2D eigenvalue weighted by atomic mass is 9.84. The number of nitrogens with one attached hydrogen (secondary N) is 1. The molecule has 0 fully saturated rings. The fourth-order valence-corrected chi connectivity index (χ4v) is 5.24. The highest BCUT2D eigenvalue weighted by molar-refractivity contribution is 9.10. The van der Waals surface area contributed by atoms with E-state index < -0.39 is 0 Å². The van der Waals surface area contributed by atoms with Crippen molar-refractivity contribution in [2.45, 2.75) is 63.8 Å². The summed E-state index contributed by atoms with van der Waals surface area (Å²) in [5.41, 5.74) is 5.18. The third-order valence-electron chi connectivity index (χ3n) is 6.28. The van der Waals surface area contributed by atoms with Crippen molar-refractivity contribution in [3.63, 3.8) is 0 Å². The van der Waals surface area contributed by atoms with Crippen molar-refractivity contribution in [2.75, 3.05) is 6.54 Å². The first kappa shape index (κ1) is 21.7. The van der Waals surface area contributed by atoms with Gasteiger partial charge in [0.25, 0.3) is 0 Å². The van der Waals surface area contributed by atoms with Gasteiger partial charge in [0.1, 0.15) is 0 Å². The zero-order chi connectivity index (χ0) is 21.1. The van der Waals surface area contributed by atoms with Gasteiger partial charge in [-0.25, -0.2) is 0 Å². The van der Waals surface area contributed by atoms with Gasteiger partial charge < -0.3 is 5.32 Å². The van der Waals surface area contributed by atoms with E-state index in [2.05, 4.69) is 40.3 Å². The van der Waals surface area contributed by atoms with Crippen molar-refractivity contribution in [1.82, 2.24) is 10.3 Å². The van der Waals surface area contributed by atoms with Gasteiger partial charge in [-0.2, -0.15) is 0 Å². The number of fused-ring (bicyclic) bond motifs is 2. The van der Waals surface area contributed by atoms with Gasteiger partial charge in [-0.1, -0.05) is 43.5 Å². The molecule has 0 saturated heterocycles. The first-order valence-electron chi connectivity index (χ1n) is 11.0. The number of carbonyl (C=O) groups is 1. The fraction of sp³-hybridized carbons (Fsp3) is 0.440. The highest BCUT2D eigenvalue weighted by atomic mass is 79.9. The molecule has 1 aromatic heterocycles. The molecule has 0 radical (unpaired) electrons. The number of nitrogens with zero attached hydrogens (tertiary/aromatic N) is 1. The molecule has 3 nitrogen and oxygen atoms in total. The average Bonchev–Trinajstić information content (AvgIpc) is 3.06. The van der Waals surface area contributed by atoms with Crippen LogP contribution in [-0.4, -0.2) is 23.4 Å². The van der Waals surface area contributed by atoms with Gasteiger partial charge in [0, 0.05) is 21.7 Å². The molecule has 4 rings (SSSR count). The highest BCUT2D eigenvalue weighted by Gasteiger charge is 2.33. The Labute approximate surface area is 192 Å². The zero-order valence-corrected chi connectivity index (χ0v) is 19.7. The predicted octanol–water partition coefficient (Wildman–Crippen LogP) is 6.17. The summed E-state index contributed by atoms with van der Waals surface area (Å²) in [6.07, 6.45) is 11.0. The smallest absolute Gasteiger partial charge is 0.172 e. The summed E-state index contributed by atoms with van der Waals surface area (Å²) < 4.78 is 0.952. The molecule has 158 valence electrons. The second kappa shape index (κ2) is 9.76. The lowest BCUT2D eigenvalue weighted by molar-refractivity contribution is -0.116. The maximum Gasteiger partial charge on any atom is 0.172 e. The number of pyridine rings is 1. The minimum Gasteiger partial charge on any atom is -0.313 e. The first-order chi connectivity index (χ1) is 14.6. The lowest BCUT2D eigenvalue weighted by Crippen LogP contribution is -2.28. The normalized spacial score (nSPS) is 21.1. The third-order valence-corrected chi connectivity index (χ3v) is 6.95. The Morgan fingerprint density at radius 2 is 2.07 bits per heavy atom. The van der Waals surface area contributed by atoms with E-state index in [-0.39, 0.29) is 11.7 Å². The number of halogens is 2. The molecule has 2 aromatic rings. The van der Waals surface area contributed by atoms with Crippen LogP contribution in [0.1, 0.15) is 67.3 Å². The molecule has 2 heterocycles. The first-order valence-corrected chi connectivity index (χ1v) is 12.1. The summed E-state index contributed by atoms with van der Waals surface area (Å²) in [5, 5.41) is 4.35. The van der Waals surface area contributed by atoms with E-state index >= 15 is 0 Å². The number of hydrogen-bond donors (Lipinski definition) is 1. The third kappa shape index (κ3) is 4.71. The van der Waals surface area contributed by atoms with Gasteiger partial charge in [-0.3, -0.25) is 9.78 Å². The van der Waals surface area contributed by atoms with Crippen molar-refractivity contribution < 1.29 is 4.79 Å². The number of benzene rings is 1. The van der Waals surface area contributed by atoms with E-state index in [1.165, 1.54) is 12.8 Å². The number of Topliss-reactive ketones (excluding diaryl/α,β-unsaturated/α-hetero) is 1. The van der Waals surface area contributed by atoms with E-state index in [0.717, 1.165) is 76.1 Å². The Morgan fingerprint density at radius 1 is 1.23 bits per heavy atom. The summed E-state index contributed by atoms with van der Waals surface area (Å²) in [6, 6.07) is 8.52. The highest BCUT2D eigenvalue weighted by Crippen LogP contribution is 2.38. The topological polar surface area (TPSA) is 42.0 Å². The van der Waals surface area contributed by atoms with Crippen molar-refractivity contribution in [1.29, 1.82) is 0 Å². The fourth-order valence-electron chi connectivity index (χ4n) is 4.67. The van der Waals surface area contributed by atoms with Crippen LogP contribution in [0.5, 0.6) is 0 Å². The van der Waals surface area contributed by atoms with Gasteiger partial charge in [-0.15, -0.1) is 0 Å². The summed E-state index contributed by atoms with van der Waals surface area (Å²) in [6.45, 7) is 3.08. The molecule has 0 spiro atoms. The zero-order valence-electron chi connectivity index (χ0n) is 17.4. The van der Waals surface area contributed by atoms with Crippen LogP contribution in [0.15, 0.2) is 46.6 Å². The van der Waals surface area contributed by atoms with Gasteiger partial charge in [0.2, 0.25) is 0 Å². The second-order valence-corrected chi connectivity index (χ2v) is 9.70. The molecular weight excluding hydrogens is 460 g/mol. The second-order valence-electron chi connectivity index (χ2n) is 8.35. The monoisotopic (exact) mass is 486 g/mol. The number of ketones is 1. The van der Waals surface area contributed by atoms with E-state index in [1.54, 1.807) is 0 Å². The number of unbranched alkanes of at least 4 members (excludes halogenated alkanes) is 1. The maximum absolute atomic E-state index is 13.9. The molecule has 1 aliphatic carbocycles. The molecule has 1 aromatic carbocycles. The minimum absolute atomic E-state index is 0.189. The van der Waals surface area contributed by atoms with Crippen molar-refractivity contribution in [3.8, 4) is 0 Å². The van der Waals surface area contributed by atoms with Crippen molar-refractivity contribution in [3.05, 3.63) is 74.0 Å². The molecule has 5 heteroatoms. The summed E-state index contributed by atoms with van der Waals surface area (Å²) in [4.78, 5) is 18.6. The summed E-state index contributed by atoms with van der Waals surface area (Å²) in [7, 11) is 0. The van der Waals surface area contributed by atoms with Crippen LogP contribution < -0.4 is 5.32 Å². The molecule has 0 saturated carbocycles. The Bertz CT molecular complexity index is 918. The maximum atomic E-state index is 13.9. The molecule has 2 unspecified atom stereocenters. The Kier molecular flexibility index (Phi) is 7.07. The van der Waals surface area contributed by atoms with Gasteiger partial charge in [0.05, 0.1) is 11.6 Å². The minimum atomic E-state index is -0.360. The average molecular weight is 488 g/mol. The van der Waals surface area contributed by atoms with Crippen LogP contribution in [0.2, 0.25) is 5.02 Å². The van der Waals surface area contributed by atoms with Crippen molar-refractivity contribution in [2.24, 2.45) is 0 Å².